The number of ether oxygens (including phenoxy) is 1. The van der Waals surface area contributed by atoms with E-state index in [2.05, 4.69) is 6.92 Å². The van der Waals surface area contributed by atoms with Gasteiger partial charge in [0.05, 0.1) is 0 Å². The van der Waals surface area contributed by atoms with Crippen molar-refractivity contribution in [1.29, 1.82) is 0 Å². The van der Waals surface area contributed by atoms with E-state index in [-0.39, 0.29) is 0 Å². The molecule has 1 unspecified atom stereocenters. The Labute approximate surface area is 166 Å². The van der Waals surface area contributed by atoms with E-state index in [0.717, 1.165) is 29.5 Å². The molecule has 0 fully saturated rings. The van der Waals surface area contributed by atoms with Crippen molar-refractivity contribution in [2.24, 2.45) is 0 Å². The summed E-state index contributed by atoms with van der Waals surface area (Å²) in [6, 6.07) is 29.6. The fourth-order valence-corrected chi connectivity index (χ4v) is 3.56. The van der Waals surface area contributed by atoms with Gasteiger partial charge in [-0.25, -0.2) is 4.79 Å². The first kappa shape index (κ1) is 19.8. The Kier molecular flexibility index (Phi) is 6.62. The van der Waals surface area contributed by atoms with E-state index >= 15 is 0 Å². The predicted octanol–water partition coefficient (Wildman–Crippen LogP) is 5.64. The highest BCUT2D eigenvalue weighted by Gasteiger charge is 2.41. The van der Waals surface area contributed by atoms with Crippen LogP contribution in [0.3, 0.4) is 0 Å². The molecule has 1 atom stereocenters. The molecule has 3 heteroatoms. The van der Waals surface area contributed by atoms with Gasteiger partial charge in [0.2, 0.25) is 0 Å². The van der Waals surface area contributed by atoms with Crippen molar-refractivity contribution in [2.45, 2.75) is 37.9 Å². The standard InChI is InChI=1S/C25H26O3/c1-2-3-19-23(24(26)27)28-25(20-13-7-4-8-14-20,21-15-9-5-10-16-21)22-17-11-6-12-18-22/h4-18,23H,2-3,19H2,1H3,(H,26,27). The molecule has 3 rings (SSSR count). The van der Waals surface area contributed by atoms with Crippen molar-refractivity contribution < 1.29 is 14.6 Å². The lowest BCUT2D eigenvalue weighted by Crippen LogP contribution is -2.40. The third-order valence-corrected chi connectivity index (χ3v) is 4.96. The zero-order valence-corrected chi connectivity index (χ0v) is 16.1. The second-order valence-electron chi connectivity index (χ2n) is 6.87. The largest absolute Gasteiger partial charge is 0.479 e. The lowest BCUT2D eigenvalue weighted by atomic mass is 9.79. The molecule has 0 heterocycles. The molecule has 0 saturated heterocycles. The summed E-state index contributed by atoms with van der Waals surface area (Å²) >= 11 is 0. The van der Waals surface area contributed by atoms with Gasteiger partial charge in [-0.15, -0.1) is 0 Å². The molecule has 28 heavy (non-hydrogen) atoms. The van der Waals surface area contributed by atoms with Gasteiger partial charge < -0.3 is 9.84 Å². The van der Waals surface area contributed by atoms with Crippen molar-refractivity contribution in [3.63, 3.8) is 0 Å². The van der Waals surface area contributed by atoms with Crippen LogP contribution in [0.2, 0.25) is 0 Å². The number of rotatable bonds is 9. The normalized spacial score (nSPS) is 12.5. The molecule has 0 spiro atoms. The summed E-state index contributed by atoms with van der Waals surface area (Å²) in [5, 5.41) is 9.88. The Morgan fingerprint density at radius 2 is 1.21 bits per heavy atom. The smallest absolute Gasteiger partial charge is 0.332 e. The molecule has 0 amide bonds. The number of carbonyl (C=O) groups is 1. The highest BCUT2D eigenvalue weighted by atomic mass is 16.5. The molecule has 0 aliphatic heterocycles. The monoisotopic (exact) mass is 374 g/mol. The molecule has 3 aromatic rings. The maximum absolute atomic E-state index is 12.1. The number of hydrogen-bond acceptors (Lipinski definition) is 2. The minimum atomic E-state index is -0.999. The molecule has 0 aliphatic carbocycles. The van der Waals surface area contributed by atoms with Crippen LogP contribution in [0.15, 0.2) is 91.0 Å². The zero-order valence-electron chi connectivity index (χ0n) is 16.1. The van der Waals surface area contributed by atoms with Crippen molar-refractivity contribution in [1.82, 2.24) is 0 Å². The molecule has 0 radical (unpaired) electrons. The summed E-state index contributed by atoms with van der Waals surface area (Å²) in [4.78, 5) is 12.1. The molecule has 0 saturated carbocycles. The highest BCUT2D eigenvalue weighted by molar-refractivity contribution is 5.72. The van der Waals surface area contributed by atoms with Gasteiger partial charge in [0.1, 0.15) is 5.60 Å². The summed E-state index contributed by atoms with van der Waals surface area (Å²) in [5.74, 6) is -0.930. The number of hydrogen-bond donors (Lipinski definition) is 1. The summed E-state index contributed by atoms with van der Waals surface area (Å²) < 4.78 is 6.56. The number of carboxylic acids is 1. The van der Waals surface area contributed by atoms with Crippen molar-refractivity contribution in [3.05, 3.63) is 108 Å². The van der Waals surface area contributed by atoms with E-state index in [1.807, 2.05) is 91.0 Å². The van der Waals surface area contributed by atoms with Crippen LogP contribution in [0.5, 0.6) is 0 Å². The molecule has 0 aromatic heterocycles. The Morgan fingerprint density at radius 1 is 0.821 bits per heavy atom. The molecular formula is C25H26O3. The lowest BCUT2D eigenvalue weighted by Gasteiger charge is -2.38. The van der Waals surface area contributed by atoms with Crippen LogP contribution in [0.4, 0.5) is 0 Å². The van der Waals surface area contributed by atoms with Gasteiger partial charge in [-0.2, -0.15) is 0 Å². The molecule has 0 aliphatic rings. The van der Waals surface area contributed by atoms with Gasteiger partial charge in [-0.3, -0.25) is 0 Å². The molecule has 1 N–H and O–H groups in total. The van der Waals surface area contributed by atoms with E-state index in [4.69, 9.17) is 4.74 Å². The average molecular weight is 374 g/mol. The minimum Gasteiger partial charge on any atom is -0.479 e. The minimum absolute atomic E-state index is 0.472. The Hall–Kier alpha value is -2.91. The van der Waals surface area contributed by atoms with Gasteiger partial charge in [0, 0.05) is 0 Å². The van der Waals surface area contributed by atoms with E-state index in [1.54, 1.807) is 0 Å². The summed E-state index contributed by atoms with van der Waals surface area (Å²) in [6.45, 7) is 2.05. The SMILES string of the molecule is CCCCC(OC(c1ccccc1)(c1ccccc1)c1ccccc1)C(=O)O. The molecule has 0 bridgehead atoms. The van der Waals surface area contributed by atoms with Crippen molar-refractivity contribution >= 4 is 5.97 Å². The van der Waals surface area contributed by atoms with E-state index in [1.165, 1.54) is 0 Å². The lowest BCUT2D eigenvalue weighted by molar-refractivity contribution is -0.159. The van der Waals surface area contributed by atoms with Crippen molar-refractivity contribution in [2.75, 3.05) is 0 Å². The second-order valence-corrected chi connectivity index (χ2v) is 6.87. The van der Waals surface area contributed by atoms with Crippen LogP contribution in [0, 0.1) is 0 Å². The number of unbranched alkanes of at least 4 members (excludes halogenated alkanes) is 1. The molecule has 3 nitrogen and oxygen atoms in total. The summed E-state index contributed by atoms with van der Waals surface area (Å²) in [7, 11) is 0. The third kappa shape index (κ3) is 4.15. The predicted molar refractivity (Wildman–Crippen MR) is 111 cm³/mol. The van der Waals surface area contributed by atoms with Crippen LogP contribution in [0.25, 0.3) is 0 Å². The first-order valence-electron chi connectivity index (χ1n) is 9.75. The Morgan fingerprint density at radius 3 is 1.54 bits per heavy atom. The van der Waals surface area contributed by atoms with E-state index in [9.17, 15) is 9.90 Å². The van der Waals surface area contributed by atoms with Gasteiger partial charge in [-0.1, -0.05) is 111 Å². The van der Waals surface area contributed by atoms with Crippen LogP contribution in [-0.4, -0.2) is 17.2 Å². The number of carboxylic acid groups (broad SMARTS) is 1. The molecule has 144 valence electrons. The third-order valence-electron chi connectivity index (χ3n) is 4.96. The van der Waals surface area contributed by atoms with Gasteiger partial charge >= 0.3 is 5.97 Å². The quantitative estimate of drug-likeness (QED) is 0.493. The Bertz CT molecular complexity index is 763. The fraction of sp³-hybridized carbons (Fsp3) is 0.240. The zero-order chi connectivity index (χ0) is 19.8. The fourth-order valence-electron chi connectivity index (χ4n) is 3.56. The van der Waals surface area contributed by atoms with Crippen LogP contribution in [-0.2, 0) is 15.1 Å². The maximum atomic E-state index is 12.1. The van der Waals surface area contributed by atoms with Crippen LogP contribution >= 0.6 is 0 Å². The van der Waals surface area contributed by atoms with Gasteiger partial charge in [-0.05, 0) is 23.1 Å². The number of aliphatic carboxylic acids is 1. The Balaban J connectivity index is 2.23. The first-order chi connectivity index (χ1) is 13.7. The topological polar surface area (TPSA) is 46.5 Å². The van der Waals surface area contributed by atoms with Gasteiger partial charge in [0.25, 0.3) is 0 Å². The molecular weight excluding hydrogens is 348 g/mol. The first-order valence-corrected chi connectivity index (χ1v) is 9.75. The molecule has 3 aromatic carbocycles. The van der Waals surface area contributed by atoms with E-state index in [0.29, 0.717) is 6.42 Å². The highest BCUT2D eigenvalue weighted by Crippen LogP contribution is 2.41. The van der Waals surface area contributed by atoms with Crippen molar-refractivity contribution in [3.8, 4) is 0 Å². The second kappa shape index (κ2) is 9.34. The van der Waals surface area contributed by atoms with Crippen LogP contribution in [0.1, 0.15) is 42.9 Å². The number of benzene rings is 3. The van der Waals surface area contributed by atoms with Gasteiger partial charge in [0.15, 0.2) is 6.10 Å². The van der Waals surface area contributed by atoms with Crippen LogP contribution < -0.4 is 0 Å². The average Bonchev–Trinajstić information content (AvgIpc) is 2.76. The van der Waals surface area contributed by atoms with E-state index < -0.39 is 17.7 Å². The maximum Gasteiger partial charge on any atom is 0.332 e. The summed E-state index contributed by atoms with van der Waals surface area (Å²) in [6.07, 6.45) is 1.29. The summed E-state index contributed by atoms with van der Waals surface area (Å²) in [5.41, 5.74) is 1.74.